The Bertz CT molecular complexity index is 1140. The molecule has 0 aliphatic heterocycles. The molecule has 32 heavy (non-hydrogen) atoms. The fourth-order valence-electron chi connectivity index (χ4n) is 2.77. The van der Waals surface area contributed by atoms with Gasteiger partial charge in [-0.3, -0.25) is 9.59 Å². The molecule has 0 spiro atoms. The summed E-state index contributed by atoms with van der Waals surface area (Å²) in [6, 6.07) is 13.8. The van der Waals surface area contributed by atoms with Gasteiger partial charge in [0.1, 0.15) is 5.69 Å². The van der Waals surface area contributed by atoms with Crippen LogP contribution in [0.25, 0.3) is 0 Å². The second kappa shape index (κ2) is 9.86. The van der Waals surface area contributed by atoms with E-state index in [0.29, 0.717) is 16.1 Å². The fourth-order valence-corrected chi connectivity index (χ4v) is 3.64. The third-order valence-corrected chi connectivity index (χ3v) is 5.55. The molecule has 0 fully saturated rings. The second-order valence-electron chi connectivity index (χ2n) is 6.94. The summed E-state index contributed by atoms with van der Waals surface area (Å²) < 4.78 is 54.1. The minimum absolute atomic E-state index is 0.0673. The number of anilines is 2. The van der Waals surface area contributed by atoms with Crippen molar-refractivity contribution in [3.63, 3.8) is 0 Å². The van der Waals surface area contributed by atoms with Crippen molar-refractivity contribution in [1.82, 2.24) is 0 Å². The van der Waals surface area contributed by atoms with Gasteiger partial charge in [-0.15, -0.1) is 11.8 Å². The lowest BCUT2D eigenvalue weighted by atomic mass is 10.1. The normalized spacial score (nSPS) is 11.7. The molecule has 3 aromatic carbocycles. The predicted molar refractivity (Wildman–Crippen MR) is 116 cm³/mol. The molecule has 1 atom stereocenters. The fraction of sp³-hybridized carbons (Fsp3) is 0.130. The zero-order chi connectivity index (χ0) is 23.4. The van der Waals surface area contributed by atoms with Gasteiger partial charge in [0.15, 0.2) is 23.3 Å². The Morgan fingerprint density at radius 1 is 0.875 bits per heavy atom. The van der Waals surface area contributed by atoms with Crippen LogP contribution in [0.15, 0.2) is 59.5 Å². The van der Waals surface area contributed by atoms with Gasteiger partial charge < -0.3 is 10.6 Å². The minimum Gasteiger partial charge on any atom is -0.322 e. The van der Waals surface area contributed by atoms with Crippen molar-refractivity contribution in [1.29, 1.82) is 0 Å². The van der Waals surface area contributed by atoms with Crippen LogP contribution in [-0.2, 0) is 4.79 Å². The standard InChI is InChI=1S/C23H18F4N2O2S/c1-12-4-3-5-14(10-12)23(31)28-15-6-8-16(9-7-15)32-13(2)22(30)29-21-19(26)17(24)11-18(25)20(21)27/h3-11,13H,1-2H3,(H,28,31)(H,29,30). The van der Waals surface area contributed by atoms with E-state index in [4.69, 9.17) is 0 Å². The SMILES string of the molecule is Cc1cccc(C(=O)Nc2ccc(SC(C)C(=O)Nc3c(F)c(F)cc(F)c3F)cc2)c1. The van der Waals surface area contributed by atoms with Crippen molar-refractivity contribution >= 4 is 35.0 Å². The van der Waals surface area contributed by atoms with Gasteiger partial charge in [-0.25, -0.2) is 17.6 Å². The van der Waals surface area contributed by atoms with E-state index in [9.17, 15) is 27.2 Å². The zero-order valence-corrected chi connectivity index (χ0v) is 17.8. The van der Waals surface area contributed by atoms with E-state index in [1.54, 1.807) is 42.5 Å². The molecule has 0 saturated heterocycles. The molecule has 3 aromatic rings. The maximum absolute atomic E-state index is 13.7. The van der Waals surface area contributed by atoms with Crippen LogP contribution >= 0.6 is 11.8 Å². The Hall–Kier alpha value is -3.33. The average Bonchev–Trinajstić information content (AvgIpc) is 2.76. The maximum Gasteiger partial charge on any atom is 0.255 e. The molecular weight excluding hydrogens is 444 g/mol. The number of thioether (sulfide) groups is 1. The lowest BCUT2D eigenvalue weighted by Gasteiger charge is -2.14. The first-order valence-corrected chi connectivity index (χ1v) is 10.3. The van der Waals surface area contributed by atoms with Crippen LogP contribution < -0.4 is 10.6 Å². The summed E-state index contributed by atoms with van der Waals surface area (Å²) in [5, 5.41) is 3.82. The number of amides is 2. The molecule has 2 N–H and O–H groups in total. The Kier molecular flexibility index (Phi) is 7.19. The van der Waals surface area contributed by atoms with E-state index in [0.717, 1.165) is 17.3 Å². The highest BCUT2D eigenvalue weighted by Gasteiger charge is 2.23. The molecule has 0 aliphatic rings. The van der Waals surface area contributed by atoms with Crippen molar-refractivity contribution < 1.29 is 27.2 Å². The summed E-state index contributed by atoms with van der Waals surface area (Å²) in [6.45, 7) is 3.35. The highest BCUT2D eigenvalue weighted by molar-refractivity contribution is 8.00. The third kappa shape index (κ3) is 5.47. The Morgan fingerprint density at radius 3 is 2.09 bits per heavy atom. The summed E-state index contributed by atoms with van der Waals surface area (Å²) in [5.41, 5.74) is 0.839. The van der Waals surface area contributed by atoms with Crippen LogP contribution in [0.5, 0.6) is 0 Å². The number of aryl methyl sites for hydroxylation is 1. The highest BCUT2D eigenvalue weighted by atomic mass is 32.2. The van der Waals surface area contributed by atoms with E-state index < -0.39 is 40.1 Å². The van der Waals surface area contributed by atoms with Crippen molar-refractivity contribution in [2.24, 2.45) is 0 Å². The first-order valence-electron chi connectivity index (χ1n) is 9.44. The smallest absolute Gasteiger partial charge is 0.255 e. The topological polar surface area (TPSA) is 58.2 Å². The van der Waals surface area contributed by atoms with Crippen molar-refractivity contribution in [3.8, 4) is 0 Å². The minimum atomic E-state index is -1.68. The van der Waals surface area contributed by atoms with Crippen LogP contribution in [-0.4, -0.2) is 17.1 Å². The first kappa shape index (κ1) is 23.3. The van der Waals surface area contributed by atoms with E-state index in [-0.39, 0.29) is 12.0 Å². The van der Waals surface area contributed by atoms with Crippen LogP contribution in [0.1, 0.15) is 22.8 Å². The number of benzene rings is 3. The Balaban J connectivity index is 1.63. The number of carbonyl (C=O) groups is 2. The summed E-state index contributed by atoms with van der Waals surface area (Å²) in [5.74, 6) is -7.68. The van der Waals surface area contributed by atoms with Crippen LogP contribution in [0.2, 0.25) is 0 Å². The second-order valence-corrected chi connectivity index (χ2v) is 8.35. The molecular formula is C23H18F4N2O2S. The molecule has 0 radical (unpaired) electrons. The number of halogens is 4. The van der Waals surface area contributed by atoms with Gasteiger partial charge in [0.05, 0.1) is 5.25 Å². The molecule has 0 aliphatic carbocycles. The molecule has 4 nitrogen and oxygen atoms in total. The average molecular weight is 462 g/mol. The summed E-state index contributed by atoms with van der Waals surface area (Å²) in [6.07, 6.45) is 0. The molecule has 0 heterocycles. The monoisotopic (exact) mass is 462 g/mol. The first-order chi connectivity index (χ1) is 15.2. The summed E-state index contributed by atoms with van der Waals surface area (Å²) in [4.78, 5) is 25.2. The highest BCUT2D eigenvalue weighted by Crippen LogP contribution is 2.28. The molecule has 166 valence electrons. The van der Waals surface area contributed by atoms with Gasteiger partial charge >= 0.3 is 0 Å². The van der Waals surface area contributed by atoms with Gasteiger partial charge in [-0.2, -0.15) is 0 Å². The third-order valence-electron chi connectivity index (χ3n) is 4.43. The number of rotatable bonds is 6. The van der Waals surface area contributed by atoms with E-state index in [1.807, 2.05) is 18.3 Å². The van der Waals surface area contributed by atoms with Crippen molar-refractivity contribution in [2.45, 2.75) is 24.0 Å². The van der Waals surface area contributed by atoms with Gasteiger partial charge in [0.25, 0.3) is 5.91 Å². The molecule has 0 aromatic heterocycles. The van der Waals surface area contributed by atoms with Crippen LogP contribution in [0.3, 0.4) is 0 Å². The van der Waals surface area contributed by atoms with Crippen LogP contribution in [0.4, 0.5) is 28.9 Å². The van der Waals surface area contributed by atoms with E-state index >= 15 is 0 Å². The van der Waals surface area contributed by atoms with Gasteiger partial charge in [0.2, 0.25) is 5.91 Å². The van der Waals surface area contributed by atoms with Crippen molar-refractivity contribution in [2.75, 3.05) is 10.6 Å². The van der Waals surface area contributed by atoms with Gasteiger partial charge in [-0.05, 0) is 50.2 Å². The van der Waals surface area contributed by atoms with E-state index in [1.165, 1.54) is 6.92 Å². The number of hydrogen-bond donors (Lipinski definition) is 2. The lowest BCUT2D eigenvalue weighted by Crippen LogP contribution is -2.24. The molecule has 9 heteroatoms. The predicted octanol–water partition coefficient (Wildman–Crippen LogP) is 5.92. The number of hydrogen-bond acceptors (Lipinski definition) is 3. The summed E-state index contributed by atoms with van der Waals surface area (Å²) in [7, 11) is 0. The Labute approximate surface area is 186 Å². The summed E-state index contributed by atoms with van der Waals surface area (Å²) >= 11 is 1.06. The zero-order valence-electron chi connectivity index (χ0n) is 17.0. The quantitative estimate of drug-likeness (QED) is 0.272. The molecule has 0 saturated carbocycles. The van der Waals surface area contributed by atoms with Crippen molar-refractivity contribution in [3.05, 3.63) is 89.0 Å². The van der Waals surface area contributed by atoms with Gasteiger partial charge in [-0.1, -0.05) is 17.7 Å². The molecule has 0 bridgehead atoms. The maximum atomic E-state index is 13.7. The number of carbonyl (C=O) groups excluding carboxylic acids is 2. The lowest BCUT2D eigenvalue weighted by molar-refractivity contribution is -0.115. The molecule has 1 unspecified atom stereocenters. The van der Waals surface area contributed by atoms with Gasteiger partial charge in [0, 0.05) is 22.2 Å². The number of nitrogens with one attached hydrogen (secondary N) is 2. The van der Waals surface area contributed by atoms with E-state index in [2.05, 4.69) is 5.32 Å². The molecule has 2 amide bonds. The van der Waals surface area contributed by atoms with Crippen LogP contribution in [0, 0.1) is 30.2 Å². The largest absolute Gasteiger partial charge is 0.322 e. The Morgan fingerprint density at radius 2 is 1.50 bits per heavy atom. The molecule has 3 rings (SSSR count).